The predicted octanol–water partition coefficient (Wildman–Crippen LogP) is 2.53. The number of rotatable bonds is 1. The number of allylic oxidation sites excluding steroid dienone is 2. The number of methoxy groups -OCH3 is 1. The van der Waals surface area contributed by atoms with Crippen LogP contribution in [0.2, 0.25) is 0 Å². The third kappa shape index (κ3) is 1.75. The maximum atomic E-state index is 12.4. The van der Waals surface area contributed by atoms with Gasteiger partial charge in [-0.15, -0.1) is 0 Å². The molecule has 1 aliphatic carbocycles. The lowest BCUT2D eigenvalue weighted by atomic mass is 9.84. The maximum Gasteiger partial charge on any atom is 0.228 e. The van der Waals surface area contributed by atoms with Crippen molar-refractivity contribution >= 4 is 11.6 Å². The number of carbonyl (C=O) groups excluding carboxylic acids is 2. The number of hydrogen-bond donors (Lipinski definition) is 0. The standard InChI is InChI=1S/C15H14O4/c1-8-3-5-11-13(16)10-6-4-9(18-2)7-12(10)14(17)15(11)19-8/h4,6-8H,3,5H2,1-2H3. The first kappa shape index (κ1) is 12.0. The summed E-state index contributed by atoms with van der Waals surface area (Å²) < 4.78 is 10.7. The van der Waals surface area contributed by atoms with Crippen LogP contribution >= 0.6 is 0 Å². The number of Topliss-reactive ketones (excluding diaryl/α,β-unsaturated/α-hetero) is 2. The Hall–Kier alpha value is -2.10. The van der Waals surface area contributed by atoms with E-state index < -0.39 is 0 Å². The average molecular weight is 258 g/mol. The fourth-order valence-electron chi connectivity index (χ4n) is 2.52. The summed E-state index contributed by atoms with van der Waals surface area (Å²) in [4.78, 5) is 24.8. The quantitative estimate of drug-likeness (QED) is 0.776. The van der Waals surface area contributed by atoms with Crippen LogP contribution in [0, 0.1) is 0 Å². The molecular weight excluding hydrogens is 244 g/mol. The second-order valence-corrected chi connectivity index (χ2v) is 4.84. The zero-order valence-electron chi connectivity index (χ0n) is 10.9. The van der Waals surface area contributed by atoms with Gasteiger partial charge in [0.25, 0.3) is 0 Å². The number of fused-ring (bicyclic) bond motifs is 1. The molecule has 1 heterocycles. The molecule has 0 amide bonds. The summed E-state index contributed by atoms with van der Waals surface area (Å²) in [5, 5.41) is 0. The highest BCUT2D eigenvalue weighted by Crippen LogP contribution is 2.35. The van der Waals surface area contributed by atoms with E-state index in [4.69, 9.17) is 9.47 Å². The van der Waals surface area contributed by atoms with Crippen molar-refractivity contribution in [1.29, 1.82) is 0 Å². The van der Waals surface area contributed by atoms with Crippen LogP contribution in [0.15, 0.2) is 29.5 Å². The van der Waals surface area contributed by atoms with Crippen LogP contribution in [-0.4, -0.2) is 24.8 Å². The van der Waals surface area contributed by atoms with Crippen molar-refractivity contribution in [1.82, 2.24) is 0 Å². The van der Waals surface area contributed by atoms with Crippen LogP contribution in [-0.2, 0) is 4.74 Å². The molecule has 0 N–H and O–H groups in total. The Balaban J connectivity index is 2.14. The molecular formula is C15H14O4. The van der Waals surface area contributed by atoms with E-state index in [0.717, 1.165) is 6.42 Å². The molecule has 1 aromatic carbocycles. The van der Waals surface area contributed by atoms with Crippen LogP contribution in [0.4, 0.5) is 0 Å². The molecule has 98 valence electrons. The number of ether oxygens (including phenoxy) is 2. The third-order valence-corrected chi connectivity index (χ3v) is 3.59. The van der Waals surface area contributed by atoms with Gasteiger partial charge in [0.15, 0.2) is 11.5 Å². The van der Waals surface area contributed by atoms with E-state index in [2.05, 4.69) is 0 Å². The Labute approximate surface area is 111 Å². The molecule has 19 heavy (non-hydrogen) atoms. The van der Waals surface area contributed by atoms with E-state index >= 15 is 0 Å². The molecule has 0 aromatic heterocycles. The summed E-state index contributed by atoms with van der Waals surface area (Å²) in [5.41, 5.74) is 1.33. The SMILES string of the molecule is COc1ccc2c(c1)C(=O)C1=C(CCC(C)O1)C2=O. The summed E-state index contributed by atoms with van der Waals surface area (Å²) in [6, 6.07) is 4.94. The first-order chi connectivity index (χ1) is 9.11. The fourth-order valence-corrected chi connectivity index (χ4v) is 2.52. The van der Waals surface area contributed by atoms with E-state index in [1.165, 1.54) is 7.11 Å². The number of benzene rings is 1. The van der Waals surface area contributed by atoms with Gasteiger partial charge in [-0.25, -0.2) is 0 Å². The minimum atomic E-state index is -0.213. The Kier molecular flexibility index (Phi) is 2.66. The van der Waals surface area contributed by atoms with Crippen molar-refractivity contribution in [3.8, 4) is 5.75 Å². The van der Waals surface area contributed by atoms with Gasteiger partial charge in [-0.2, -0.15) is 0 Å². The van der Waals surface area contributed by atoms with Crippen molar-refractivity contribution < 1.29 is 19.1 Å². The molecule has 2 aliphatic rings. The largest absolute Gasteiger partial charge is 0.497 e. The maximum absolute atomic E-state index is 12.4. The number of hydrogen-bond acceptors (Lipinski definition) is 4. The number of carbonyl (C=O) groups is 2. The molecule has 1 unspecified atom stereocenters. The van der Waals surface area contributed by atoms with Crippen molar-refractivity contribution in [3.63, 3.8) is 0 Å². The highest BCUT2D eigenvalue weighted by atomic mass is 16.5. The van der Waals surface area contributed by atoms with Crippen molar-refractivity contribution in [3.05, 3.63) is 40.7 Å². The van der Waals surface area contributed by atoms with Crippen molar-refractivity contribution in [2.45, 2.75) is 25.9 Å². The van der Waals surface area contributed by atoms with E-state index in [9.17, 15) is 9.59 Å². The second-order valence-electron chi connectivity index (χ2n) is 4.84. The van der Waals surface area contributed by atoms with E-state index in [-0.39, 0.29) is 23.4 Å². The smallest absolute Gasteiger partial charge is 0.228 e. The molecule has 0 radical (unpaired) electrons. The molecule has 0 spiro atoms. The molecule has 1 aromatic rings. The summed E-state index contributed by atoms with van der Waals surface area (Å²) in [5.74, 6) is 0.478. The monoisotopic (exact) mass is 258 g/mol. The van der Waals surface area contributed by atoms with E-state index in [0.29, 0.717) is 28.9 Å². The zero-order valence-corrected chi connectivity index (χ0v) is 10.9. The van der Waals surface area contributed by atoms with Crippen molar-refractivity contribution in [2.24, 2.45) is 0 Å². The molecule has 3 rings (SSSR count). The summed E-state index contributed by atoms with van der Waals surface area (Å²) >= 11 is 0. The molecule has 0 bridgehead atoms. The molecule has 4 heteroatoms. The Morgan fingerprint density at radius 2 is 2.00 bits per heavy atom. The van der Waals surface area contributed by atoms with Gasteiger partial charge in [-0.3, -0.25) is 9.59 Å². The van der Waals surface area contributed by atoms with Gasteiger partial charge < -0.3 is 9.47 Å². The minimum Gasteiger partial charge on any atom is -0.497 e. The Morgan fingerprint density at radius 1 is 1.21 bits per heavy atom. The zero-order chi connectivity index (χ0) is 13.6. The second kappa shape index (κ2) is 4.23. The van der Waals surface area contributed by atoms with Gasteiger partial charge in [0, 0.05) is 16.7 Å². The van der Waals surface area contributed by atoms with Crippen LogP contribution in [0.1, 0.15) is 40.5 Å². The van der Waals surface area contributed by atoms with Gasteiger partial charge in [-0.05, 0) is 38.0 Å². The molecule has 1 atom stereocenters. The first-order valence-electron chi connectivity index (χ1n) is 6.29. The van der Waals surface area contributed by atoms with E-state index in [1.54, 1.807) is 18.2 Å². The van der Waals surface area contributed by atoms with Crippen LogP contribution < -0.4 is 4.74 Å². The number of ketones is 2. The Morgan fingerprint density at radius 3 is 2.74 bits per heavy atom. The van der Waals surface area contributed by atoms with E-state index in [1.807, 2.05) is 6.92 Å². The van der Waals surface area contributed by atoms with Gasteiger partial charge in [-0.1, -0.05) is 0 Å². The average Bonchev–Trinajstić information content (AvgIpc) is 2.44. The summed E-state index contributed by atoms with van der Waals surface area (Å²) in [7, 11) is 1.53. The molecule has 1 aliphatic heterocycles. The van der Waals surface area contributed by atoms with Crippen LogP contribution in [0.3, 0.4) is 0 Å². The highest BCUT2D eigenvalue weighted by molar-refractivity contribution is 6.26. The highest BCUT2D eigenvalue weighted by Gasteiger charge is 2.36. The fraction of sp³-hybridized carbons (Fsp3) is 0.333. The first-order valence-corrected chi connectivity index (χ1v) is 6.29. The van der Waals surface area contributed by atoms with Gasteiger partial charge in [0.05, 0.1) is 13.2 Å². The summed E-state index contributed by atoms with van der Waals surface area (Å²) in [6.07, 6.45) is 1.35. The van der Waals surface area contributed by atoms with Crippen molar-refractivity contribution in [2.75, 3.05) is 7.11 Å². The molecule has 4 nitrogen and oxygen atoms in total. The lowest BCUT2D eigenvalue weighted by Crippen LogP contribution is -2.29. The van der Waals surface area contributed by atoms with Crippen LogP contribution in [0.25, 0.3) is 0 Å². The Bertz CT molecular complexity index is 613. The molecule has 0 saturated heterocycles. The van der Waals surface area contributed by atoms with Gasteiger partial charge >= 0.3 is 0 Å². The predicted molar refractivity (Wildman–Crippen MR) is 68.5 cm³/mol. The lowest BCUT2D eigenvalue weighted by Gasteiger charge is -2.28. The third-order valence-electron chi connectivity index (χ3n) is 3.59. The van der Waals surface area contributed by atoms with Gasteiger partial charge in [0.2, 0.25) is 5.78 Å². The molecule has 0 saturated carbocycles. The molecule has 0 fully saturated rings. The summed E-state index contributed by atoms with van der Waals surface area (Å²) in [6.45, 7) is 1.91. The topological polar surface area (TPSA) is 52.6 Å². The minimum absolute atomic E-state index is 0.0253. The van der Waals surface area contributed by atoms with Crippen LogP contribution in [0.5, 0.6) is 5.75 Å². The van der Waals surface area contributed by atoms with Gasteiger partial charge in [0.1, 0.15) is 5.75 Å². The lowest BCUT2D eigenvalue weighted by molar-refractivity contribution is 0.0678. The normalized spacial score (nSPS) is 21.7.